The zero-order chi connectivity index (χ0) is 8.81. The van der Waals surface area contributed by atoms with E-state index in [1.807, 2.05) is 24.3 Å². The van der Waals surface area contributed by atoms with Crippen LogP contribution in [-0.4, -0.2) is 18.6 Å². The number of hydrogen-bond acceptors (Lipinski definition) is 2. The van der Waals surface area contributed by atoms with Crippen LogP contribution in [0.3, 0.4) is 0 Å². The number of rotatable bonds is 4. The van der Waals surface area contributed by atoms with Crippen molar-refractivity contribution in [3.63, 3.8) is 0 Å². The topological polar surface area (TPSA) is 9.23 Å². The summed E-state index contributed by atoms with van der Waals surface area (Å²) in [6.45, 7) is 0.738. The molecule has 0 aromatic heterocycles. The van der Waals surface area contributed by atoms with Gasteiger partial charge in [-0.1, -0.05) is 17.7 Å². The molecule has 12 heavy (non-hydrogen) atoms. The molecule has 1 nitrogen and oxygen atoms in total. The Kier molecular flexibility index (Phi) is 4.33. The van der Waals surface area contributed by atoms with Gasteiger partial charge in [0.2, 0.25) is 0 Å². The molecular formula is C9H11ClOS. The number of ether oxygens (including phenoxy) is 1. The van der Waals surface area contributed by atoms with E-state index in [2.05, 4.69) is 6.26 Å². The summed E-state index contributed by atoms with van der Waals surface area (Å²) in [7, 11) is 0. The molecule has 0 atom stereocenters. The third-order valence-corrected chi connectivity index (χ3v) is 2.16. The predicted molar refractivity (Wildman–Crippen MR) is 55.3 cm³/mol. The van der Waals surface area contributed by atoms with Crippen molar-refractivity contribution in [2.45, 2.75) is 0 Å². The van der Waals surface area contributed by atoms with E-state index in [-0.39, 0.29) is 0 Å². The van der Waals surface area contributed by atoms with Gasteiger partial charge in [0.25, 0.3) is 0 Å². The molecule has 0 aliphatic heterocycles. The van der Waals surface area contributed by atoms with Crippen LogP contribution in [0.5, 0.6) is 5.75 Å². The molecule has 0 bridgehead atoms. The first-order valence-electron chi connectivity index (χ1n) is 3.70. The molecule has 1 rings (SSSR count). The van der Waals surface area contributed by atoms with Crippen LogP contribution in [0.2, 0.25) is 5.02 Å². The maximum atomic E-state index is 5.77. The number of hydrogen-bond donors (Lipinski definition) is 0. The molecule has 0 aliphatic rings. The van der Waals surface area contributed by atoms with E-state index in [0.717, 1.165) is 23.1 Å². The number of thioether (sulfide) groups is 1. The zero-order valence-corrected chi connectivity index (χ0v) is 8.49. The van der Waals surface area contributed by atoms with Crippen LogP contribution in [0.4, 0.5) is 0 Å². The summed E-state index contributed by atoms with van der Waals surface area (Å²) in [4.78, 5) is 0. The average molecular weight is 203 g/mol. The molecule has 0 fully saturated rings. The largest absolute Gasteiger partial charge is 0.493 e. The van der Waals surface area contributed by atoms with Crippen LogP contribution in [0.15, 0.2) is 24.3 Å². The Morgan fingerprint density at radius 2 is 2.33 bits per heavy atom. The third kappa shape index (κ3) is 3.37. The van der Waals surface area contributed by atoms with Gasteiger partial charge in [-0.25, -0.2) is 0 Å². The van der Waals surface area contributed by atoms with E-state index >= 15 is 0 Å². The fraction of sp³-hybridized carbons (Fsp3) is 0.333. The molecule has 66 valence electrons. The summed E-state index contributed by atoms with van der Waals surface area (Å²) >= 11 is 7.54. The summed E-state index contributed by atoms with van der Waals surface area (Å²) < 4.78 is 5.42. The van der Waals surface area contributed by atoms with Crippen LogP contribution >= 0.6 is 23.4 Å². The van der Waals surface area contributed by atoms with Gasteiger partial charge in [-0.3, -0.25) is 0 Å². The van der Waals surface area contributed by atoms with E-state index in [4.69, 9.17) is 16.3 Å². The third-order valence-electron chi connectivity index (χ3n) is 1.35. The first kappa shape index (κ1) is 9.75. The quantitative estimate of drug-likeness (QED) is 0.694. The minimum Gasteiger partial charge on any atom is -0.493 e. The highest BCUT2D eigenvalue weighted by Gasteiger charge is 1.93. The van der Waals surface area contributed by atoms with Gasteiger partial charge < -0.3 is 4.74 Å². The Balaban J connectivity index is 2.41. The molecule has 1 aromatic rings. The second-order valence-electron chi connectivity index (χ2n) is 2.30. The molecule has 0 heterocycles. The fourth-order valence-electron chi connectivity index (χ4n) is 0.800. The minimum atomic E-state index is 0.719. The summed E-state index contributed by atoms with van der Waals surface area (Å²) in [6.07, 6.45) is 2.06. The van der Waals surface area contributed by atoms with Crippen LogP contribution in [-0.2, 0) is 0 Å². The highest BCUT2D eigenvalue weighted by atomic mass is 35.5. The average Bonchev–Trinajstić information content (AvgIpc) is 2.05. The lowest BCUT2D eigenvalue weighted by atomic mass is 10.3. The molecule has 0 radical (unpaired) electrons. The first-order valence-corrected chi connectivity index (χ1v) is 5.47. The molecule has 3 heteroatoms. The van der Waals surface area contributed by atoms with Crippen molar-refractivity contribution in [3.05, 3.63) is 29.3 Å². The van der Waals surface area contributed by atoms with Gasteiger partial charge in [0.1, 0.15) is 5.75 Å². The fourth-order valence-corrected chi connectivity index (χ4v) is 1.23. The van der Waals surface area contributed by atoms with Crippen LogP contribution < -0.4 is 4.74 Å². The Labute approximate surface area is 82.1 Å². The normalized spacial score (nSPS) is 9.83. The monoisotopic (exact) mass is 202 g/mol. The molecular weight excluding hydrogens is 192 g/mol. The van der Waals surface area contributed by atoms with Gasteiger partial charge in [-0.15, -0.1) is 0 Å². The van der Waals surface area contributed by atoms with Crippen molar-refractivity contribution in [2.24, 2.45) is 0 Å². The predicted octanol–water partition coefficient (Wildman–Crippen LogP) is 3.08. The summed E-state index contributed by atoms with van der Waals surface area (Å²) in [5, 5.41) is 0.719. The standard InChI is InChI=1S/C9H11ClOS/c1-12-6-5-11-9-4-2-3-8(10)7-9/h2-4,7H,5-6H2,1H3. The lowest BCUT2D eigenvalue weighted by molar-refractivity contribution is 0.344. The van der Waals surface area contributed by atoms with Crippen LogP contribution in [0.1, 0.15) is 0 Å². The SMILES string of the molecule is CSCCOc1cccc(Cl)c1. The Bertz CT molecular complexity index is 240. The zero-order valence-electron chi connectivity index (χ0n) is 6.92. The second kappa shape index (κ2) is 5.33. The van der Waals surface area contributed by atoms with Crippen LogP contribution in [0, 0.1) is 0 Å². The van der Waals surface area contributed by atoms with Crippen molar-refractivity contribution in [2.75, 3.05) is 18.6 Å². The van der Waals surface area contributed by atoms with Crippen molar-refractivity contribution in [1.82, 2.24) is 0 Å². The molecule has 0 aliphatic carbocycles. The van der Waals surface area contributed by atoms with Gasteiger partial charge in [0, 0.05) is 10.8 Å². The molecule has 0 saturated heterocycles. The van der Waals surface area contributed by atoms with Crippen molar-refractivity contribution in [1.29, 1.82) is 0 Å². The number of benzene rings is 1. The van der Waals surface area contributed by atoms with E-state index in [0.29, 0.717) is 0 Å². The van der Waals surface area contributed by atoms with E-state index in [1.54, 1.807) is 11.8 Å². The van der Waals surface area contributed by atoms with Gasteiger partial charge in [-0.2, -0.15) is 11.8 Å². The Hall–Kier alpha value is -0.340. The highest BCUT2D eigenvalue weighted by molar-refractivity contribution is 7.98. The van der Waals surface area contributed by atoms with Crippen LogP contribution in [0.25, 0.3) is 0 Å². The Morgan fingerprint density at radius 3 is 3.00 bits per heavy atom. The highest BCUT2D eigenvalue weighted by Crippen LogP contribution is 2.16. The molecule has 0 spiro atoms. The molecule has 0 saturated carbocycles. The first-order chi connectivity index (χ1) is 5.83. The van der Waals surface area contributed by atoms with E-state index in [9.17, 15) is 0 Å². The molecule has 0 N–H and O–H groups in total. The van der Waals surface area contributed by atoms with Gasteiger partial charge in [0.15, 0.2) is 0 Å². The van der Waals surface area contributed by atoms with Crippen molar-refractivity contribution >= 4 is 23.4 Å². The Morgan fingerprint density at radius 1 is 1.50 bits per heavy atom. The lowest BCUT2D eigenvalue weighted by Gasteiger charge is -2.04. The summed E-state index contributed by atoms with van der Waals surface area (Å²) in [5.41, 5.74) is 0. The minimum absolute atomic E-state index is 0.719. The van der Waals surface area contributed by atoms with Crippen molar-refractivity contribution < 1.29 is 4.74 Å². The van der Waals surface area contributed by atoms with E-state index < -0.39 is 0 Å². The maximum absolute atomic E-state index is 5.77. The molecule has 1 aromatic carbocycles. The van der Waals surface area contributed by atoms with Gasteiger partial charge in [0.05, 0.1) is 6.61 Å². The lowest BCUT2D eigenvalue weighted by Crippen LogP contribution is -1.99. The summed E-state index contributed by atoms with van der Waals surface area (Å²) in [5.74, 6) is 1.85. The smallest absolute Gasteiger partial charge is 0.120 e. The number of halogens is 1. The summed E-state index contributed by atoms with van der Waals surface area (Å²) in [6, 6.07) is 7.45. The van der Waals surface area contributed by atoms with Gasteiger partial charge >= 0.3 is 0 Å². The second-order valence-corrected chi connectivity index (χ2v) is 3.72. The molecule has 0 unspecified atom stereocenters. The molecule has 0 amide bonds. The van der Waals surface area contributed by atoms with E-state index in [1.165, 1.54) is 0 Å². The maximum Gasteiger partial charge on any atom is 0.120 e. The van der Waals surface area contributed by atoms with Crippen molar-refractivity contribution in [3.8, 4) is 5.75 Å². The van der Waals surface area contributed by atoms with Gasteiger partial charge in [-0.05, 0) is 24.5 Å².